The first-order valence-electron chi connectivity index (χ1n) is 8.64. The average Bonchev–Trinajstić information content (AvgIpc) is 2.98. The first kappa shape index (κ1) is 16.2. The van der Waals surface area contributed by atoms with E-state index >= 15 is 0 Å². The van der Waals surface area contributed by atoms with Crippen LogP contribution in [0.1, 0.15) is 31.4 Å². The van der Waals surface area contributed by atoms with Crippen molar-refractivity contribution in [1.29, 1.82) is 0 Å². The zero-order valence-electron chi connectivity index (χ0n) is 14.2. The van der Waals surface area contributed by atoms with Gasteiger partial charge in [-0.05, 0) is 37.3 Å². The Morgan fingerprint density at radius 1 is 1.00 bits per heavy atom. The molecule has 1 saturated heterocycles. The van der Waals surface area contributed by atoms with E-state index < -0.39 is 0 Å². The SMILES string of the molecule is CC(C)N1C[C@H](CCO)C(c2ccccc2)(c2ccccc2)C1. The van der Waals surface area contributed by atoms with Crippen molar-refractivity contribution in [3.63, 3.8) is 0 Å². The summed E-state index contributed by atoms with van der Waals surface area (Å²) >= 11 is 0. The molecule has 122 valence electrons. The Balaban J connectivity index is 2.14. The number of hydrogen-bond acceptors (Lipinski definition) is 2. The fourth-order valence-electron chi connectivity index (χ4n) is 4.13. The van der Waals surface area contributed by atoms with Gasteiger partial charge in [-0.15, -0.1) is 0 Å². The number of nitrogens with zero attached hydrogens (tertiary/aromatic N) is 1. The van der Waals surface area contributed by atoms with Crippen molar-refractivity contribution in [3.8, 4) is 0 Å². The van der Waals surface area contributed by atoms with Gasteiger partial charge in [0.15, 0.2) is 0 Å². The van der Waals surface area contributed by atoms with Crippen LogP contribution in [0.25, 0.3) is 0 Å². The normalized spacial score (nSPS) is 21.0. The Morgan fingerprint density at radius 2 is 1.52 bits per heavy atom. The lowest BCUT2D eigenvalue weighted by atomic mass is 9.67. The van der Waals surface area contributed by atoms with Gasteiger partial charge in [0.25, 0.3) is 0 Å². The maximum absolute atomic E-state index is 9.66. The summed E-state index contributed by atoms with van der Waals surface area (Å²) in [4.78, 5) is 2.56. The Labute approximate surface area is 139 Å². The second-order valence-corrected chi connectivity index (χ2v) is 6.94. The zero-order chi connectivity index (χ0) is 16.3. The lowest BCUT2D eigenvalue weighted by molar-refractivity contribution is 0.230. The molecule has 2 heteroatoms. The summed E-state index contributed by atoms with van der Waals surface area (Å²) in [6.07, 6.45) is 0.840. The van der Waals surface area contributed by atoms with Crippen LogP contribution in [-0.4, -0.2) is 35.7 Å². The van der Waals surface area contributed by atoms with Gasteiger partial charge in [-0.2, -0.15) is 0 Å². The van der Waals surface area contributed by atoms with Gasteiger partial charge in [0.1, 0.15) is 0 Å². The van der Waals surface area contributed by atoms with Crippen molar-refractivity contribution in [3.05, 3.63) is 71.8 Å². The summed E-state index contributed by atoms with van der Waals surface area (Å²) in [5.74, 6) is 0.430. The molecular formula is C21H27NO. The molecule has 0 bridgehead atoms. The Kier molecular flexibility index (Phi) is 4.84. The fraction of sp³-hybridized carbons (Fsp3) is 0.429. The molecule has 0 aliphatic carbocycles. The van der Waals surface area contributed by atoms with E-state index in [9.17, 15) is 5.11 Å². The van der Waals surface area contributed by atoms with E-state index in [-0.39, 0.29) is 12.0 Å². The van der Waals surface area contributed by atoms with Gasteiger partial charge in [-0.3, -0.25) is 4.90 Å². The van der Waals surface area contributed by atoms with Crippen molar-refractivity contribution < 1.29 is 5.11 Å². The summed E-state index contributed by atoms with van der Waals surface area (Å²) in [6.45, 7) is 6.84. The lowest BCUT2D eigenvalue weighted by Gasteiger charge is -2.36. The van der Waals surface area contributed by atoms with Gasteiger partial charge in [0.05, 0.1) is 0 Å². The topological polar surface area (TPSA) is 23.5 Å². The molecule has 0 spiro atoms. The predicted molar refractivity (Wildman–Crippen MR) is 95.6 cm³/mol. The van der Waals surface area contributed by atoms with Crippen LogP contribution in [0.2, 0.25) is 0 Å². The molecule has 2 nitrogen and oxygen atoms in total. The number of benzene rings is 2. The number of aliphatic hydroxyl groups excluding tert-OH is 1. The highest BCUT2D eigenvalue weighted by Gasteiger charge is 2.48. The van der Waals surface area contributed by atoms with Gasteiger partial charge in [-0.1, -0.05) is 60.7 Å². The van der Waals surface area contributed by atoms with Crippen molar-refractivity contribution in [2.75, 3.05) is 19.7 Å². The third-order valence-corrected chi connectivity index (χ3v) is 5.39. The summed E-state index contributed by atoms with van der Waals surface area (Å²) in [5, 5.41) is 9.66. The average molecular weight is 309 g/mol. The number of rotatable bonds is 5. The van der Waals surface area contributed by atoms with E-state index in [0.29, 0.717) is 12.0 Å². The number of aliphatic hydroxyl groups is 1. The van der Waals surface area contributed by atoms with Crippen molar-refractivity contribution in [2.24, 2.45) is 5.92 Å². The van der Waals surface area contributed by atoms with Crippen molar-refractivity contribution in [2.45, 2.75) is 31.7 Å². The number of hydrogen-bond donors (Lipinski definition) is 1. The monoisotopic (exact) mass is 309 g/mol. The second kappa shape index (κ2) is 6.86. The van der Waals surface area contributed by atoms with E-state index in [0.717, 1.165) is 19.5 Å². The van der Waals surface area contributed by atoms with E-state index in [4.69, 9.17) is 0 Å². The molecule has 1 aliphatic rings. The molecule has 0 radical (unpaired) electrons. The molecule has 1 N–H and O–H groups in total. The highest BCUT2D eigenvalue weighted by molar-refractivity contribution is 5.42. The quantitative estimate of drug-likeness (QED) is 0.910. The van der Waals surface area contributed by atoms with Crippen LogP contribution in [0.4, 0.5) is 0 Å². The third-order valence-electron chi connectivity index (χ3n) is 5.39. The summed E-state index contributed by atoms with van der Waals surface area (Å²) in [7, 11) is 0. The first-order valence-corrected chi connectivity index (χ1v) is 8.64. The fourth-order valence-corrected chi connectivity index (χ4v) is 4.13. The Morgan fingerprint density at radius 3 is 1.96 bits per heavy atom. The summed E-state index contributed by atoms with van der Waals surface area (Å²) in [5.41, 5.74) is 2.70. The minimum Gasteiger partial charge on any atom is -0.396 e. The molecule has 0 aromatic heterocycles. The van der Waals surface area contributed by atoms with Gasteiger partial charge in [-0.25, -0.2) is 0 Å². The second-order valence-electron chi connectivity index (χ2n) is 6.94. The van der Waals surface area contributed by atoms with Crippen LogP contribution < -0.4 is 0 Å². The highest BCUT2D eigenvalue weighted by Crippen LogP contribution is 2.46. The van der Waals surface area contributed by atoms with Gasteiger partial charge < -0.3 is 5.11 Å². The summed E-state index contributed by atoms with van der Waals surface area (Å²) in [6, 6.07) is 22.2. The van der Waals surface area contributed by atoms with E-state index in [1.54, 1.807) is 0 Å². The van der Waals surface area contributed by atoms with Gasteiger partial charge in [0.2, 0.25) is 0 Å². The smallest absolute Gasteiger partial charge is 0.0434 e. The largest absolute Gasteiger partial charge is 0.396 e. The molecule has 3 rings (SSSR count). The molecule has 2 aromatic carbocycles. The Bertz CT molecular complexity index is 569. The molecule has 1 heterocycles. The van der Waals surface area contributed by atoms with Crippen LogP contribution >= 0.6 is 0 Å². The first-order chi connectivity index (χ1) is 11.2. The zero-order valence-corrected chi connectivity index (χ0v) is 14.2. The van der Waals surface area contributed by atoms with Crippen LogP contribution in [0.3, 0.4) is 0 Å². The van der Waals surface area contributed by atoms with Gasteiger partial charge >= 0.3 is 0 Å². The van der Waals surface area contributed by atoms with Crippen LogP contribution in [0, 0.1) is 5.92 Å². The molecule has 1 aliphatic heterocycles. The van der Waals surface area contributed by atoms with Crippen molar-refractivity contribution in [1.82, 2.24) is 4.90 Å². The highest BCUT2D eigenvalue weighted by atomic mass is 16.3. The van der Waals surface area contributed by atoms with Gasteiger partial charge in [0, 0.05) is 31.2 Å². The molecular weight excluding hydrogens is 282 g/mol. The third kappa shape index (κ3) is 2.93. The number of likely N-dealkylation sites (tertiary alicyclic amines) is 1. The van der Waals surface area contributed by atoms with Crippen LogP contribution in [0.5, 0.6) is 0 Å². The Hall–Kier alpha value is -1.64. The lowest BCUT2D eigenvalue weighted by Crippen LogP contribution is -2.38. The molecule has 1 atom stereocenters. The van der Waals surface area contributed by atoms with Crippen molar-refractivity contribution >= 4 is 0 Å². The molecule has 0 saturated carbocycles. The van der Waals surface area contributed by atoms with Crippen LogP contribution in [-0.2, 0) is 5.41 Å². The van der Waals surface area contributed by atoms with Crippen LogP contribution in [0.15, 0.2) is 60.7 Å². The predicted octanol–water partition coefficient (Wildman–Crippen LogP) is 3.70. The molecule has 23 heavy (non-hydrogen) atoms. The molecule has 1 fully saturated rings. The maximum Gasteiger partial charge on any atom is 0.0434 e. The minimum absolute atomic E-state index is 0.0322. The minimum atomic E-state index is -0.0322. The van der Waals surface area contributed by atoms with E-state index in [1.165, 1.54) is 11.1 Å². The molecule has 2 aromatic rings. The standard InChI is InChI=1S/C21H27NO/c1-17(2)22-15-20(13-14-23)21(16-22,18-9-5-3-6-10-18)19-11-7-4-8-12-19/h3-12,17,20,23H,13-16H2,1-2H3/t20-/m0/s1. The molecule has 0 unspecified atom stereocenters. The van der Waals surface area contributed by atoms with E-state index in [1.807, 2.05) is 0 Å². The summed E-state index contributed by atoms with van der Waals surface area (Å²) < 4.78 is 0. The van der Waals surface area contributed by atoms with E-state index in [2.05, 4.69) is 79.4 Å². The maximum atomic E-state index is 9.66. The molecule has 0 amide bonds.